The zero-order valence-corrected chi connectivity index (χ0v) is 19.7. The zero-order chi connectivity index (χ0) is 24.5. The second-order valence-corrected chi connectivity index (χ2v) is 11.1. The molecular weight excluding hydrogens is 472 g/mol. The molecule has 0 radical (unpaired) electrons. The number of benzene rings is 2. The summed E-state index contributed by atoms with van der Waals surface area (Å²) in [6.45, 7) is 2.42. The highest BCUT2D eigenvalue weighted by Crippen LogP contribution is 2.34. The van der Waals surface area contributed by atoms with Crippen molar-refractivity contribution in [3.8, 4) is 0 Å². The average Bonchev–Trinajstić information content (AvgIpc) is 2.79. The molecule has 0 aromatic heterocycles. The standard InChI is InChI=1S/C24H28F4N2O3S/c1-34(31,32)21-4-2-3-20(13-21)29-11-12-30(22(15-29)18-6-8-19(25)9-7-18)14-17-5-10-23(33-16-17)24(26,27)28/h2-4,6-9,13,17,22-23H,5,10-12,14-16H2,1H3/t17-,22-,23?/m1/s1. The lowest BCUT2D eigenvalue weighted by Crippen LogP contribution is -2.51. The molecule has 4 rings (SSSR count). The molecule has 2 aromatic rings. The summed E-state index contributed by atoms with van der Waals surface area (Å²) in [5.74, 6) is -0.371. The van der Waals surface area contributed by atoms with Gasteiger partial charge in [-0.2, -0.15) is 13.2 Å². The largest absolute Gasteiger partial charge is 0.414 e. The molecule has 0 amide bonds. The van der Waals surface area contributed by atoms with Crippen LogP contribution in [0.5, 0.6) is 0 Å². The summed E-state index contributed by atoms with van der Waals surface area (Å²) in [6.07, 6.45) is -4.49. The van der Waals surface area contributed by atoms with Gasteiger partial charge in [0.15, 0.2) is 15.9 Å². The van der Waals surface area contributed by atoms with Crippen molar-refractivity contribution in [1.82, 2.24) is 4.90 Å². The van der Waals surface area contributed by atoms with E-state index in [1.165, 1.54) is 18.4 Å². The molecule has 3 atom stereocenters. The number of hydrogen-bond acceptors (Lipinski definition) is 5. The molecule has 2 aromatic carbocycles. The number of ether oxygens (including phenoxy) is 1. The maximum Gasteiger partial charge on any atom is 0.414 e. The second-order valence-electron chi connectivity index (χ2n) is 9.08. The first-order valence-electron chi connectivity index (χ1n) is 11.2. The Labute approximate surface area is 197 Å². The summed E-state index contributed by atoms with van der Waals surface area (Å²) in [6, 6.07) is 12.9. The van der Waals surface area contributed by atoms with Crippen LogP contribution in [0.15, 0.2) is 53.4 Å². The van der Waals surface area contributed by atoms with Crippen LogP contribution in [0.2, 0.25) is 0 Å². The van der Waals surface area contributed by atoms with Crippen molar-refractivity contribution in [3.63, 3.8) is 0 Å². The molecule has 1 unspecified atom stereocenters. The Morgan fingerprint density at radius 3 is 2.41 bits per heavy atom. The minimum Gasteiger partial charge on any atom is -0.368 e. The summed E-state index contributed by atoms with van der Waals surface area (Å²) in [7, 11) is -3.35. The Morgan fingerprint density at radius 1 is 1.06 bits per heavy atom. The minimum atomic E-state index is -4.34. The van der Waals surface area contributed by atoms with Crippen molar-refractivity contribution in [3.05, 3.63) is 59.9 Å². The van der Waals surface area contributed by atoms with E-state index >= 15 is 0 Å². The second kappa shape index (κ2) is 9.83. The molecule has 2 fully saturated rings. The van der Waals surface area contributed by atoms with E-state index in [1.54, 1.807) is 30.3 Å². The number of rotatable bonds is 5. The predicted octanol–water partition coefficient (Wildman–Crippen LogP) is 4.45. The van der Waals surface area contributed by atoms with Crippen LogP contribution in [0.25, 0.3) is 0 Å². The summed E-state index contributed by atoms with van der Waals surface area (Å²) in [5, 5.41) is 0. The molecule has 0 N–H and O–H groups in total. The minimum absolute atomic E-state index is 0.0262. The molecule has 0 bridgehead atoms. The van der Waals surface area contributed by atoms with Gasteiger partial charge in [0, 0.05) is 38.1 Å². The smallest absolute Gasteiger partial charge is 0.368 e. The van der Waals surface area contributed by atoms with Gasteiger partial charge < -0.3 is 9.64 Å². The number of halogens is 4. The van der Waals surface area contributed by atoms with Crippen LogP contribution >= 0.6 is 0 Å². The zero-order valence-electron chi connectivity index (χ0n) is 18.8. The number of piperazine rings is 1. The van der Waals surface area contributed by atoms with E-state index in [4.69, 9.17) is 4.74 Å². The first kappa shape index (κ1) is 24.9. The third-order valence-electron chi connectivity index (χ3n) is 6.58. The molecule has 2 aliphatic rings. The van der Waals surface area contributed by atoms with Crippen LogP contribution in [0, 0.1) is 11.7 Å². The van der Waals surface area contributed by atoms with Crippen LogP contribution in [0.1, 0.15) is 24.4 Å². The quantitative estimate of drug-likeness (QED) is 0.568. The summed E-state index contributed by atoms with van der Waals surface area (Å²) in [4.78, 5) is 4.55. The molecule has 5 nitrogen and oxygen atoms in total. The molecular formula is C24H28F4N2O3S. The van der Waals surface area contributed by atoms with E-state index in [0.29, 0.717) is 32.6 Å². The van der Waals surface area contributed by atoms with Gasteiger partial charge in [0.1, 0.15) is 5.82 Å². The van der Waals surface area contributed by atoms with Crippen molar-refractivity contribution < 1.29 is 30.7 Å². The topological polar surface area (TPSA) is 49.9 Å². The van der Waals surface area contributed by atoms with Gasteiger partial charge >= 0.3 is 6.18 Å². The summed E-state index contributed by atoms with van der Waals surface area (Å²) in [5.41, 5.74) is 1.68. The van der Waals surface area contributed by atoms with Crippen LogP contribution in [-0.4, -0.2) is 64.6 Å². The van der Waals surface area contributed by atoms with E-state index in [-0.39, 0.29) is 35.7 Å². The van der Waals surface area contributed by atoms with Gasteiger partial charge in [0.2, 0.25) is 0 Å². The van der Waals surface area contributed by atoms with Crippen molar-refractivity contribution in [2.24, 2.45) is 5.92 Å². The number of nitrogens with zero attached hydrogens (tertiary/aromatic N) is 2. The van der Waals surface area contributed by atoms with E-state index in [9.17, 15) is 26.0 Å². The van der Waals surface area contributed by atoms with Gasteiger partial charge in [-0.05, 0) is 54.7 Å². The first-order chi connectivity index (χ1) is 16.0. The molecule has 2 saturated heterocycles. The fraction of sp³-hybridized carbons (Fsp3) is 0.500. The number of sulfone groups is 1. The normalized spacial score (nSPS) is 24.9. The monoisotopic (exact) mass is 500 g/mol. The molecule has 34 heavy (non-hydrogen) atoms. The van der Waals surface area contributed by atoms with E-state index < -0.39 is 22.1 Å². The van der Waals surface area contributed by atoms with E-state index in [0.717, 1.165) is 11.3 Å². The molecule has 10 heteroatoms. The van der Waals surface area contributed by atoms with Gasteiger partial charge in [0.25, 0.3) is 0 Å². The highest BCUT2D eigenvalue weighted by molar-refractivity contribution is 7.90. The van der Waals surface area contributed by atoms with Crippen molar-refractivity contribution in [2.45, 2.75) is 36.1 Å². The lowest BCUT2D eigenvalue weighted by atomic mass is 9.94. The maximum atomic E-state index is 13.6. The van der Waals surface area contributed by atoms with Crippen LogP contribution < -0.4 is 4.90 Å². The Hall–Kier alpha value is -2.17. The summed E-state index contributed by atoms with van der Waals surface area (Å²) >= 11 is 0. The van der Waals surface area contributed by atoms with Crippen molar-refractivity contribution >= 4 is 15.5 Å². The Balaban J connectivity index is 1.51. The fourth-order valence-electron chi connectivity index (χ4n) is 4.73. The number of alkyl halides is 3. The molecule has 2 heterocycles. The molecule has 0 saturated carbocycles. The van der Waals surface area contributed by atoms with E-state index in [2.05, 4.69) is 9.80 Å². The predicted molar refractivity (Wildman–Crippen MR) is 121 cm³/mol. The van der Waals surface area contributed by atoms with Crippen LogP contribution in [0.3, 0.4) is 0 Å². The Bertz CT molecular complexity index is 1080. The number of hydrogen-bond donors (Lipinski definition) is 0. The highest BCUT2D eigenvalue weighted by atomic mass is 32.2. The maximum absolute atomic E-state index is 13.6. The van der Waals surface area contributed by atoms with Gasteiger partial charge in [-0.15, -0.1) is 0 Å². The average molecular weight is 501 g/mol. The summed E-state index contributed by atoms with van der Waals surface area (Å²) < 4.78 is 81.5. The Kier molecular flexibility index (Phi) is 7.21. The van der Waals surface area contributed by atoms with Gasteiger partial charge in [0.05, 0.1) is 17.5 Å². The first-order valence-corrected chi connectivity index (χ1v) is 13.1. The van der Waals surface area contributed by atoms with Gasteiger partial charge in [-0.3, -0.25) is 4.90 Å². The lowest BCUT2D eigenvalue weighted by molar-refractivity contribution is -0.236. The lowest BCUT2D eigenvalue weighted by Gasteiger charge is -2.44. The van der Waals surface area contributed by atoms with Gasteiger partial charge in [-0.25, -0.2) is 12.8 Å². The molecule has 0 aliphatic carbocycles. The third kappa shape index (κ3) is 5.90. The molecule has 2 aliphatic heterocycles. The SMILES string of the molecule is CS(=O)(=O)c1cccc(N2CCN(C[C@H]3CCC(C(F)(F)F)OC3)[C@@H](c3ccc(F)cc3)C2)c1. The van der Waals surface area contributed by atoms with Gasteiger partial charge in [-0.1, -0.05) is 18.2 Å². The third-order valence-corrected chi connectivity index (χ3v) is 7.70. The molecule has 0 spiro atoms. The molecule has 186 valence electrons. The number of anilines is 1. The van der Waals surface area contributed by atoms with Crippen LogP contribution in [-0.2, 0) is 14.6 Å². The van der Waals surface area contributed by atoms with Crippen molar-refractivity contribution in [1.29, 1.82) is 0 Å². The van der Waals surface area contributed by atoms with Crippen molar-refractivity contribution in [2.75, 3.05) is 43.9 Å². The Morgan fingerprint density at radius 2 is 1.79 bits per heavy atom. The highest BCUT2D eigenvalue weighted by Gasteiger charge is 2.43. The van der Waals surface area contributed by atoms with E-state index in [1.807, 2.05) is 6.07 Å². The van der Waals surface area contributed by atoms with Crippen LogP contribution in [0.4, 0.5) is 23.2 Å². The fourth-order valence-corrected chi connectivity index (χ4v) is 5.39.